The second kappa shape index (κ2) is 5.26. The van der Waals surface area contributed by atoms with Gasteiger partial charge in [0.15, 0.2) is 5.82 Å². The molecule has 7 nitrogen and oxygen atoms in total. The number of rotatable bonds is 3. The first-order valence-electron chi connectivity index (χ1n) is 5.48. The van der Waals surface area contributed by atoms with E-state index in [1.807, 2.05) is 14.0 Å². The van der Waals surface area contributed by atoms with Crippen LogP contribution in [0.4, 0.5) is 10.5 Å². The Morgan fingerprint density at radius 1 is 1.39 bits per heavy atom. The number of pyridine rings is 1. The molecule has 18 heavy (non-hydrogen) atoms. The molecule has 2 heterocycles. The first kappa shape index (κ1) is 12.0. The molecule has 1 unspecified atom stereocenters. The second-order valence-corrected chi connectivity index (χ2v) is 3.86. The van der Waals surface area contributed by atoms with E-state index in [2.05, 4.69) is 25.8 Å². The van der Waals surface area contributed by atoms with Crippen LogP contribution in [-0.2, 0) is 7.05 Å². The molecule has 0 aliphatic rings. The number of aryl methyl sites for hydroxylation is 1. The van der Waals surface area contributed by atoms with Crippen molar-refractivity contribution in [3.05, 3.63) is 36.7 Å². The van der Waals surface area contributed by atoms with Crippen molar-refractivity contribution < 1.29 is 4.79 Å². The summed E-state index contributed by atoms with van der Waals surface area (Å²) in [6.07, 6.45) is 4.82. The van der Waals surface area contributed by atoms with Crippen LogP contribution < -0.4 is 10.6 Å². The van der Waals surface area contributed by atoms with Gasteiger partial charge in [-0.2, -0.15) is 0 Å². The zero-order chi connectivity index (χ0) is 13.0. The second-order valence-electron chi connectivity index (χ2n) is 3.86. The molecule has 0 aliphatic heterocycles. The smallest absolute Gasteiger partial charge is 0.319 e. The van der Waals surface area contributed by atoms with Crippen molar-refractivity contribution in [2.24, 2.45) is 7.05 Å². The molecule has 2 N–H and O–H groups in total. The van der Waals surface area contributed by atoms with Gasteiger partial charge in [0.1, 0.15) is 6.33 Å². The normalized spacial score (nSPS) is 11.9. The molecule has 0 radical (unpaired) electrons. The van der Waals surface area contributed by atoms with Crippen molar-refractivity contribution in [2.45, 2.75) is 13.0 Å². The van der Waals surface area contributed by atoms with E-state index < -0.39 is 0 Å². The quantitative estimate of drug-likeness (QED) is 0.849. The molecule has 0 saturated carbocycles. The Labute approximate surface area is 104 Å². The largest absolute Gasteiger partial charge is 0.328 e. The van der Waals surface area contributed by atoms with Gasteiger partial charge in [0.25, 0.3) is 0 Å². The number of amides is 2. The summed E-state index contributed by atoms with van der Waals surface area (Å²) in [6.45, 7) is 1.84. The molecule has 2 aromatic rings. The predicted molar refractivity (Wildman–Crippen MR) is 65.8 cm³/mol. The molecular formula is C11H14N6O. The maximum atomic E-state index is 11.7. The molecule has 0 aliphatic carbocycles. The summed E-state index contributed by atoms with van der Waals surface area (Å²) >= 11 is 0. The lowest BCUT2D eigenvalue weighted by Gasteiger charge is -2.13. The van der Waals surface area contributed by atoms with E-state index in [1.54, 1.807) is 35.4 Å². The molecule has 94 valence electrons. The van der Waals surface area contributed by atoms with Gasteiger partial charge in [0, 0.05) is 25.1 Å². The highest BCUT2D eigenvalue weighted by Crippen LogP contribution is 2.08. The average molecular weight is 246 g/mol. The number of nitrogens with zero attached hydrogens (tertiary/aromatic N) is 4. The van der Waals surface area contributed by atoms with Crippen LogP contribution in [0.25, 0.3) is 0 Å². The fraction of sp³-hybridized carbons (Fsp3) is 0.273. The van der Waals surface area contributed by atoms with E-state index in [-0.39, 0.29) is 12.1 Å². The molecule has 0 fully saturated rings. The summed E-state index contributed by atoms with van der Waals surface area (Å²) in [5.41, 5.74) is 0.688. The summed E-state index contributed by atoms with van der Waals surface area (Å²) in [7, 11) is 1.83. The Morgan fingerprint density at radius 2 is 2.11 bits per heavy atom. The minimum absolute atomic E-state index is 0.223. The van der Waals surface area contributed by atoms with Crippen LogP contribution in [0.5, 0.6) is 0 Å². The summed E-state index contributed by atoms with van der Waals surface area (Å²) in [4.78, 5) is 15.6. The number of urea groups is 1. The van der Waals surface area contributed by atoms with E-state index in [1.165, 1.54) is 0 Å². The third kappa shape index (κ3) is 2.82. The van der Waals surface area contributed by atoms with Crippen LogP contribution in [0.2, 0.25) is 0 Å². The monoisotopic (exact) mass is 246 g/mol. The van der Waals surface area contributed by atoms with Crippen molar-refractivity contribution in [2.75, 3.05) is 5.32 Å². The van der Waals surface area contributed by atoms with Crippen LogP contribution in [0, 0.1) is 0 Å². The van der Waals surface area contributed by atoms with E-state index in [4.69, 9.17) is 0 Å². The fourth-order valence-corrected chi connectivity index (χ4v) is 1.55. The van der Waals surface area contributed by atoms with Crippen LogP contribution in [0.3, 0.4) is 0 Å². The van der Waals surface area contributed by atoms with Crippen LogP contribution in [0.1, 0.15) is 18.8 Å². The summed E-state index contributed by atoms with van der Waals surface area (Å²) in [5.74, 6) is 0.694. The van der Waals surface area contributed by atoms with E-state index in [0.717, 1.165) is 0 Å². The third-order valence-electron chi connectivity index (χ3n) is 2.42. The van der Waals surface area contributed by atoms with Gasteiger partial charge in [0.2, 0.25) is 0 Å². The van der Waals surface area contributed by atoms with Crippen molar-refractivity contribution >= 4 is 11.7 Å². The molecule has 1 atom stereocenters. The van der Waals surface area contributed by atoms with Crippen molar-refractivity contribution in [1.29, 1.82) is 0 Å². The predicted octanol–water partition coefficient (Wildman–Crippen LogP) is 1.09. The van der Waals surface area contributed by atoms with E-state index >= 15 is 0 Å². The van der Waals surface area contributed by atoms with Gasteiger partial charge in [-0.25, -0.2) is 4.79 Å². The van der Waals surface area contributed by atoms with Gasteiger partial charge < -0.3 is 15.2 Å². The standard InChI is InChI=1S/C11H14N6O/c1-8(10-16-13-7-17(10)2)14-11(18)15-9-3-5-12-6-4-9/h3-8H,1-2H3,(H2,12,14,15,18). The maximum absolute atomic E-state index is 11.7. The van der Waals surface area contributed by atoms with Crippen molar-refractivity contribution in [3.63, 3.8) is 0 Å². The highest BCUT2D eigenvalue weighted by molar-refractivity contribution is 5.89. The average Bonchev–Trinajstić information content (AvgIpc) is 2.76. The zero-order valence-electron chi connectivity index (χ0n) is 10.2. The molecule has 2 rings (SSSR count). The third-order valence-corrected chi connectivity index (χ3v) is 2.42. The molecule has 0 bridgehead atoms. The summed E-state index contributed by atoms with van der Waals surface area (Å²) in [6, 6.07) is 2.91. The minimum atomic E-state index is -0.295. The van der Waals surface area contributed by atoms with E-state index in [9.17, 15) is 4.79 Å². The Hall–Kier alpha value is -2.44. The highest BCUT2D eigenvalue weighted by atomic mass is 16.2. The highest BCUT2D eigenvalue weighted by Gasteiger charge is 2.13. The number of hydrogen-bond acceptors (Lipinski definition) is 4. The Kier molecular flexibility index (Phi) is 3.52. The molecule has 7 heteroatoms. The molecule has 0 aromatic carbocycles. The van der Waals surface area contributed by atoms with Gasteiger partial charge in [-0.1, -0.05) is 0 Å². The number of anilines is 1. The molecule has 2 amide bonds. The van der Waals surface area contributed by atoms with Gasteiger partial charge >= 0.3 is 6.03 Å². The number of nitrogens with one attached hydrogen (secondary N) is 2. The van der Waals surface area contributed by atoms with Crippen molar-refractivity contribution in [1.82, 2.24) is 25.1 Å². The lowest BCUT2D eigenvalue weighted by atomic mass is 10.3. The lowest BCUT2D eigenvalue weighted by molar-refractivity contribution is 0.248. The number of aromatic nitrogens is 4. The lowest BCUT2D eigenvalue weighted by Crippen LogP contribution is -2.32. The Bertz CT molecular complexity index is 523. The first-order chi connectivity index (χ1) is 8.66. The fourth-order valence-electron chi connectivity index (χ4n) is 1.55. The molecule has 2 aromatic heterocycles. The van der Waals surface area contributed by atoms with Crippen LogP contribution >= 0.6 is 0 Å². The minimum Gasteiger partial charge on any atom is -0.328 e. The van der Waals surface area contributed by atoms with Gasteiger partial charge in [-0.05, 0) is 19.1 Å². The maximum Gasteiger partial charge on any atom is 0.319 e. The summed E-state index contributed by atoms with van der Waals surface area (Å²) in [5, 5.41) is 13.2. The zero-order valence-corrected chi connectivity index (χ0v) is 10.2. The Balaban J connectivity index is 1.94. The molecular weight excluding hydrogens is 232 g/mol. The number of hydrogen-bond donors (Lipinski definition) is 2. The van der Waals surface area contributed by atoms with Crippen LogP contribution in [0.15, 0.2) is 30.9 Å². The number of carbonyl (C=O) groups is 1. The number of carbonyl (C=O) groups excluding carboxylic acids is 1. The van der Waals surface area contributed by atoms with Gasteiger partial charge in [-0.3, -0.25) is 4.98 Å². The van der Waals surface area contributed by atoms with Gasteiger partial charge in [0.05, 0.1) is 6.04 Å². The van der Waals surface area contributed by atoms with Crippen molar-refractivity contribution in [3.8, 4) is 0 Å². The van der Waals surface area contributed by atoms with Gasteiger partial charge in [-0.15, -0.1) is 10.2 Å². The Morgan fingerprint density at radius 3 is 2.72 bits per heavy atom. The molecule has 0 spiro atoms. The van der Waals surface area contributed by atoms with E-state index in [0.29, 0.717) is 11.5 Å². The topological polar surface area (TPSA) is 84.7 Å². The first-order valence-corrected chi connectivity index (χ1v) is 5.48. The SMILES string of the molecule is CC(NC(=O)Nc1ccncc1)c1nncn1C. The van der Waals surface area contributed by atoms with Crippen LogP contribution in [-0.4, -0.2) is 25.8 Å². The molecule has 0 saturated heterocycles. The summed E-state index contributed by atoms with van der Waals surface area (Å²) < 4.78 is 1.76.